The van der Waals surface area contributed by atoms with Crippen LogP contribution in [0.4, 0.5) is 4.79 Å². The van der Waals surface area contributed by atoms with E-state index >= 15 is 0 Å². The minimum Gasteiger partial charge on any atom is -0.323 e. The Labute approximate surface area is 122 Å². The van der Waals surface area contributed by atoms with Gasteiger partial charge in [-0.25, -0.2) is 9.78 Å². The van der Waals surface area contributed by atoms with Crippen LogP contribution < -0.4 is 5.32 Å². The minimum atomic E-state index is -0.694. The van der Waals surface area contributed by atoms with E-state index in [0.29, 0.717) is 12.8 Å². The van der Waals surface area contributed by atoms with E-state index in [9.17, 15) is 9.59 Å². The Kier molecular flexibility index (Phi) is 3.34. The Morgan fingerprint density at radius 1 is 1.33 bits per heavy atom. The summed E-state index contributed by atoms with van der Waals surface area (Å²) in [5.41, 5.74) is 0.324. The van der Waals surface area contributed by atoms with Crippen LogP contribution in [0.25, 0.3) is 0 Å². The molecule has 6 nitrogen and oxygen atoms in total. The van der Waals surface area contributed by atoms with E-state index in [1.807, 2.05) is 6.07 Å². The first-order valence-corrected chi connectivity index (χ1v) is 7.14. The number of hydrogen-bond donors (Lipinski definition) is 1. The van der Waals surface area contributed by atoms with Crippen molar-refractivity contribution in [3.63, 3.8) is 0 Å². The van der Waals surface area contributed by atoms with Gasteiger partial charge in [-0.1, -0.05) is 19.3 Å². The smallest absolute Gasteiger partial charge is 0.323 e. The van der Waals surface area contributed by atoms with Gasteiger partial charge < -0.3 is 5.32 Å². The number of nitriles is 1. The highest BCUT2D eigenvalue weighted by Gasteiger charge is 2.51. The van der Waals surface area contributed by atoms with Crippen molar-refractivity contribution in [2.75, 3.05) is 0 Å². The van der Waals surface area contributed by atoms with E-state index in [0.717, 1.165) is 24.8 Å². The van der Waals surface area contributed by atoms with Crippen molar-refractivity contribution < 1.29 is 9.59 Å². The zero-order valence-corrected chi connectivity index (χ0v) is 11.6. The molecule has 0 atom stereocenters. The fourth-order valence-corrected chi connectivity index (χ4v) is 3.13. The number of rotatable bonds is 2. The van der Waals surface area contributed by atoms with Crippen molar-refractivity contribution in [2.24, 2.45) is 0 Å². The number of carbonyl (C=O) groups is 2. The summed E-state index contributed by atoms with van der Waals surface area (Å²) in [6.45, 7) is 0.184. The van der Waals surface area contributed by atoms with E-state index in [4.69, 9.17) is 5.26 Å². The molecule has 1 saturated carbocycles. The van der Waals surface area contributed by atoms with Gasteiger partial charge in [0.05, 0.1) is 6.54 Å². The van der Waals surface area contributed by atoms with Crippen LogP contribution in [0.5, 0.6) is 0 Å². The van der Waals surface area contributed by atoms with Crippen molar-refractivity contribution >= 4 is 11.9 Å². The van der Waals surface area contributed by atoms with Gasteiger partial charge in [0.2, 0.25) is 0 Å². The molecule has 2 aliphatic rings. The molecule has 0 unspecified atom stereocenters. The minimum absolute atomic E-state index is 0.137. The lowest BCUT2D eigenvalue weighted by Crippen LogP contribution is -2.48. The summed E-state index contributed by atoms with van der Waals surface area (Å²) < 4.78 is 0. The molecule has 1 aromatic heterocycles. The summed E-state index contributed by atoms with van der Waals surface area (Å²) in [6.07, 6.45) is 5.99. The second-order valence-electron chi connectivity index (χ2n) is 5.63. The normalized spacial score (nSPS) is 20.4. The van der Waals surface area contributed by atoms with Crippen molar-refractivity contribution in [3.8, 4) is 6.07 Å². The zero-order chi connectivity index (χ0) is 14.9. The number of urea groups is 1. The van der Waals surface area contributed by atoms with Crippen molar-refractivity contribution in [2.45, 2.75) is 44.2 Å². The molecule has 0 bridgehead atoms. The molecular formula is C15H16N4O2. The number of amides is 3. The second-order valence-corrected chi connectivity index (χ2v) is 5.63. The highest BCUT2D eigenvalue weighted by atomic mass is 16.2. The maximum Gasteiger partial charge on any atom is 0.325 e. The molecule has 3 rings (SSSR count). The SMILES string of the molecule is N#Cc1cc(CN2C(=O)NC3(CCCCC3)C2=O)ccn1. The first kappa shape index (κ1) is 13.6. The largest absolute Gasteiger partial charge is 0.325 e. The molecule has 1 spiro atoms. The van der Waals surface area contributed by atoms with Gasteiger partial charge in [0.25, 0.3) is 5.91 Å². The lowest BCUT2D eigenvalue weighted by atomic mass is 9.82. The molecule has 0 aromatic carbocycles. The molecular weight excluding hydrogens is 268 g/mol. The van der Waals surface area contributed by atoms with Crippen LogP contribution in [0.3, 0.4) is 0 Å². The van der Waals surface area contributed by atoms with Gasteiger partial charge in [0.15, 0.2) is 0 Å². The number of carbonyl (C=O) groups excluding carboxylic acids is 2. The molecule has 6 heteroatoms. The molecule has 21 heavy (non-hydrogen) atoms. The number of aromatic nitrogens is 1. The molecule has 2 heterocycles. The van der Waals surface area contributed by atoms with Gasteiger partial charge in [-0.05, 0) is 30.5 Å². The van der Waals surface area contributed by atoms with Crippen molar-refractivity contribution in [1.82, 2.24) is 15.2 Å². The van der Waals surface area contributed by atoms with Gasteiger partial charge >= 0.3 is 6.03 Å². The maximum absolute atomic E-state index is 12.6. The van der Waals surface area contributed by atoms with E-state index in [1.54, 1.807) is 12.1 Å². The van der Waals surface area contributed by atoms with Gasteiger partial charge in [0.1, 0.15) is 17.3 Å². The first-order chi connectivity index (χ1) is 10.1. The number of nitrogens with one attached hydrogen (secondary N) is 1. The fraction of sp³-hybridized carbons (Fsp3) is 0.467. The van der Waals surface area contributed by atoms with Gasteiger partial charge in [-0.15, -0.1) is 0 Å². The molecule has 0 radical (unpaired) electrons. The highest BCUT2D eigenvalue weighted by molar-refractivity contribution is 6.07. The topological polar surface area (TPSA) is 86.1 Å². The van der Waals surface area contributed by atoms with Crippen LogP contribution in [0.15, 0.2) is 18.3 Å². The van der Waals surface area contributed by atoms with Crippen molar-refractivity contribution in [3.05, 3.63) is 29.6 Å². The van der Waals surface area contributed by atoms with E-state index in [-0.39, 0.29) is 24.2 Å². The van der Waals surface area contributed by atoms with Crippen LogP contribution in [0.2, 0.25) is 0 Å². The molecule has 3 amide bonds. The van der Waals surface area contributed by atoms with Crippen LogP contribution >= 0.6 is 0 Å². The molecule has 1 aliphatic heterocycles. The number of hydrogen-bond acceptors (Lipinski definition) is 4. The molecule has 1 aromatic rings. The van der Waals surface area contributed by atoms with E-state index in [1.165, 1.54) is 11.1 Å². The third kappa shape index (κ3) is 2.35. The lowest BCUT2D eigenvalue weighted by Gasteiger charge is -2.30. The van der Waals surface area contributed by atoms with E-state index < -0.39 is 5.54 Å². The number of pyridine rings is 1. The third-order valence-corrected chi connectivity index (χ3v) is 4.23. The Morgan fingerprint density at radius 2 is 2.10 bits per heavy atom. The third-order valence-electron chi connectivity index (χ3n) is 4.23. The Balaban J connectivity index is 1.81. The Hall–Kier alpha value is -2.42. The van der Waals surface area contributed by atoms with Crippen LogP contribution in [-0.2, 0) is 11.3 Å². The second kappa shape index (κ2) is 5.17. The van der Waals surface area contributed by atoms with Crippen LogP contribution in [0.1, 0.15) is 43.4 Å². The molecule has 2 fully saturated rings. The Morgan fingerprint density at radius 3 is 2.81 bits per heavy atom. The van der Waals surface area contributed by atoms with Crippen LogP contribution in [-0.4, -0.2) is 27.4 Å². The van der Waals surface area contributed by atoms with Gasteiger partial charge in [0, 0.05) is 6.20 Å². The fourth-order valence-electron chi connectivity index (χ4n) is 3.13. The quantitative estimate of drug-likeness (QED) is 0.838. The van der Waals surface area contributed by atoms with Gasteiger partial charge in [-0.2, -0.15) is 5.26 Å². The zero-order valence-electron chi connectivity index (χ0n) is 11.6. The predicted octanol–water partition coefficient (Wildman–Crippen LogP) is 1.71. The predicted molar refractivity (Wildman–Crippen MR) is 73.8 cm³/mol. The molecule has 1 saturated heterocycles. The average Bonchev–Trinajstić information content (AvgIpc) is 2.73. The average molecular weight is 284 g/mol. The van der Waals surface area contributed by atoms with Crippen molar-refractivity contribution in [1.29, 1.82) is 5.26 Å². The summed E-state index contributed by atoms with van der Waals surface area (Å²) >= 11 is 0. The highest BCUT2D eigenvalue weighted by Crippen LogP contribution is 2.34. The molecule has 1 N–H and O–H groups in total. The van der Waals surface area contributed by atoms with Gasteiger partial charge in [-0.3, -0.25) is 9.69 Å². The molecule has 1 aliphatic carbocycles. The first-order valence-electron chi connectivity index (χ1n) is 7.14. The summed E-state index contributed by atoms with van der Waals surface area (Å²) in [6, 6.07) is 4.94. The van der Waals surface area contributed by atoms with Crippen LogP contribution in [0, 0.1) is 11.3 Å². The number of imide groups is 1. The summed E-state index contributed by atoms with van der Waals surface area (Å²) in [4.78, 5) is 29.9. The summed E-state index contributed by atoms with van der Waals surface area (Å²) in [5, 5.41) is 11.7. The number of nitrogens with zero attached hydrogens (tertiary/aromatic N) is 3. The monoisotopic (exact) mass is 284 g/mol. The lowest BCUT2D eigenvalue weighted by molar-refractivity contribution is -0.132. The van der Waals surface area contributed by atoms with E-state index in [2.05, 4.69) is 10.3 Å². The summed E-state index contributed by atoms with van der Waals surface area (Å²) in [5.74, 6) is -0.137. The standard InChI is InChI=1S/C15H16N4O2/c16-9-12-8-11(4-7-17-12)10-19-13(20)15(18-14(19)21)5-2-1-3-6-15/h4,7-8H,1-3,5-6,10H2,(H,18,21). The molecule has 108 valence electrons. The Bertz CT molecular complexity index is 629. The summed E-state index contributed by atoms with van der Waals surface area (Å²) in [7, 11) is 0. The maximum atomic E-state index is 12.6.